The first-order valence-electron chi connectivity index (χ1n) is 13.0. The van der Waals surface area contributed by atoms with Gasteiger partial charge in [-0.3, -0.25) is 5.32 Å². The van der Waals surface area contributed by atoms with Crippen molar-refractivity contribution in [3.8, 4) is 11.1 Å². The second-order valence-corrected chi connectivity index (χ2v) is 9.60. The molecule has 2 atom stereocenters. The summed E-state index contributed by atoms with van der Waals surface area (Å²) in [5.74, 6) is -1.67. The number of rotatable bonds is 7. The Hall–Kier alpha value is -3.47. The zero-order chi connectivity index (χ0) is 26.7. The van der Waals surface area contributed by atoms with E-state index in [9.17, 15) is 14.4 Å². The predicted octanol–water partition coefficient (Wildman–Crippen LogP) is 2.32. The highest BCUT2D eigenvalue weighted by molar-refractivity contribution is 6.05. The zero-order valence-electron chi connectivity index (χ0n) is 21.7. The summed E-state index contributed by atoms with van der Waals surface area (Å²) in [4.78, 5) is 39.3. The monoisotopic (exact) mass is 523 g/mol. The Morgan fingerprint density at radius 3 is 2.26 bits per heavy atom. The molecule has 2 fully saturated rings. The van der Waals surface area contributed by atoms with Gasteiger partial charge in [-0.1, -0.05) is 48.5 Å². The molecule has 1 amide bonds. The normalized spacial score (nSPS) is 22.8. The maximum Gasteiger partial charge on any atom is 0.424 e. The van der Waals surface area contributed by atoms with Crippen LogP contribution in [0.4, 0.5) is 4.79 Å². The van der Waals surface area contributed by atoms with Gasteiger partial charge >= 0.3 is 18.0 Å². The Labute approximate surface area is 221 Å². The quantitative estimate of drug-likeness (QED) is 0.332. The first kappa shape index (κ1) is 26.1. The molecule has 202 valence electrons. The van der Waals surface area contributed by atoms with Crippen molar-refractivity contribution in [1.82, 2.24) is 15.3 Å². The topological polar surface area (TPSA) is 107 Å². The molecule has 3 aliphatic rings. The number of methoxy groups -OCH3 is 1. The smallest absolute Gasteiger partial charge is 0.424 e. The highest BCUT2D eigenvalue weighted by Gasteiger charge is 2.55. The summed E-state index contributed by atoms with van der Waals surface area (Å²) in [6.07, 6.45) is -1.32. The van der Waals surface area contributed by atoms with Crippen molar-refractivity contribution >= 4 is 18.0 Å². The van der Waals surface area contributed by atoms with Gasteiger partial charge in [0, 0.05) is 38.5 Å². The van der Waals surface area contributed by atoms with Crippen molar-refractivity contribution in [2.24, 2.45) is 0 Å². The van der Waals surface area contributed by atoms with Crippen LogP contribution in [-0.2, 0) is 28.5 Å². The molecule has 10 heteroatoms. The zero-order valence-corrected chi connectivity index (χ0v) is 21.7. The number of hydrazine groups is 1. The molecule has 2 aromatic rings. The molecule has 1 N–H and O–H groups in total. The van der Waals surface area contributed by atoms with Crippen LogP contribution in [0.5, 0.6) is 0 Å². The molecule has 5 rings (SSSR count). The minimum Gasteiger partial charge on any atom is -0.467 e. The summed E-state index contributed by atoms with van der Waals surface area (Å²) in [5, 5.41) is 6.35. The molecule has 0 aromatic heterocycles. The van der Waals surface area contributed by atoms with Gasteiger partial charge in [-0.25, -0.2) is 24.4 Å². The van der Waals surface area contributed by atoms with Crippen LogP contribution in [0.3, 0.4) is 0 Å². The van der Waals surface area contributed by atoms with E-state index in [1.807, 2.05) is 48.3 Å². The molecule has 0 radical (unpaired) electrons. The van der Waals surface area contributed by atoms with E-state index in [0.29, 0.717) is 32.8 Å². The molecule has 1 aliphatic carbocycles. The minimum absolute atomic E-state index is 0.0678. The third kappa shape index (κ3) is 4.75. The highest BCUT2D eigenvalue weighted by atomic mass is 16.6. The molecule has 1 unspecified atom stereocenters. The van der Waals surface area contributed by atoms with Crippen molar-refractivity contribution in [3.05, 3.63) is 59.7 Å². The summed E-state index contributed by atoms with van der Waals surface area (Å²) in [6.45, 7) is 4.69. The Morgan fingerprint density at radius 2 is 1.66 bits per heavy atom. The largest absolute Gasteiger partial charge is 0.467 e. The van der Waals surface area contributed by atoms with E-state index >= 15 is 0 Å². The van der Waals surface area contributed by atoms with Crippen molar-refractivity contribution < 1.29 is 33.3 Å². The first-order valence-corrected chi connectivity index (χ1v) is 13.0. The van der Waals surface area contributed by atoms with Gasteiger partial charge in [-0.15, -0.1) is 0 Å². The Kier molecular flexibility index (Phi) is 7.64. The average Bonchev–Trinajstić information content (AvgIpc) is 3.52. The van der Waals surface area contributed by atoms with E-state index in [1.165, 1.54) is 12.1 Å². The summed E-state index contributed by atoms with van der Waals surface area (Å²) >= 11 is 0. The number of hydrogen-bond donors (Lipinski definition) is 1. The van der Waals surface area contributed by atoms with Crippen molar-refractivity contribution in [2.45, 2.75) is 30.9 Å². The van der Waals surface area contributed by atoms with Crippen LogP contribution in [0.1, 0.15) is 30.4 Å². The van der Waals surface area contributed by atoms with Crippen LogP contribution >= 0.6 is 0 Å². The van der Waals surface area contributed by atoms with Crippen molar-refractivity contribution in [1.29, 1.82) is 0 Å². The van der Waals surface area contributed by atoms with E-state index in [-0.39, 0.29) is 25.5 Å². The third-order valence-electron chi connectivity index (χ3n) is 7.50. The van der Waals surface area contributed by atoms with Crippen LogP contribution in [0.15, 0.2) is 48.5 Å². The fourth-order valence-electron chi connectivity index (χ4n) is 5.59. The molecular formula is C28H33N3O7. The molecule has 10 nitrogen and oxygen atoms in total. The predicted molar refractivity (Wildman–Crippen MR) is 137 cm³/mol. The van der Waals surface area contributed by atoms with Crippen LogP contribution in [0.2, 0.25) is 0 Å². The molecular weight excluding hydrogens is 490 g/mol. The van der Waals surface area contributed by atoms with Gasteiger partial charge in [0.05, 0.1) is 20.3 Å². The lowest BCUT2D eigenvalue weighted by molar-refractivity contribution is -0.164. The average molecular weight is 524 g/mol. The first-order chi connectivity index (χ1) is 18.5. The van der Waals surface area contributed by atoms with Gasteiger partial charge < -0.3 is 18.9 Å². The number of nitrogens with zero attached hydrogens (tertiary/aromatic N) is 2. The Bertz CT molecular complexity index is 1150. The molecule has 0 spiro atoms. The molecule has 2 aromatic carbocycles. The second kappa shape index (κ2) is 11.1. The standard InChI is InChI=1S/C28H33N3O7/c1-3-31(30-12-14-36-15-13-30)27(34)38-19-16-28(29-17-19,25(32)35-2)26(33)37-18-24-22-10-6-4-8-20(22)21-9-5-7-11-23(21)24/h4-11,19,24,29H,3,12-18H2,1-2H3/t19?,28-/m0/s1. The highest BCUT2D eigenvalue weighted by Crippen LogP contribution is 2.44. The SMILES string of the molecule is CCN(C(=O)OC1CN[C@@](C(=O)OC)(C(=O)OCC2c3ccccc3-c3ccccc32)C1)N1CCOCC1. The number of esters is 2. The number of fused-ring (bicyclic) bond motifs is 3. The van der Waals surface area contributed by atoms with E-state index in [1.54, 1.807) is 0 Å². The molecule has 2 aliphatic heterocycles. The maximum atomic E-state index is 13.5. The summed E-state index contributed by atoms with van der Waals surface area (Å²) in [7, 11) is 1.22. The van der Waals surface area contributed by atoms with Gasteiger partial charge in [0.1, 0.15) is 12.7 Å². The number of hydrogen-bond acceptors (Lipinski definition) is 9. The molecule has 2 heterocycles. The number of amides is 1. The summed E-state index contributed by atoms with van der Waals surface area (Å²) in [6, 6.07) is 16.1. The van der Waals surface area contributed by atoms with Crippen LogP contribution in [-0.4, -0.2) is 92.8 Å². The van der Waals surface area contributed by atoms with Crippen LogP contribution in [0, 0.1) is 0 Å². The maximum absolute atomic E-state index is 13.5. The van der Waals surface area contributed by atoms with Gasteiger partial charge in [0.15, 0.2) is 0 Å². The van der Waals surface area contributed by atoms with Crippen molar-refractivity contribution in [2.75, 3.05) is 53.1 Å². The van der Waals surface area contributed by atoms with E-state index in [0.717, 1.165) is 22.3 Å². The number of nitrogens with one attached hydrogen (secondary N) is 1. The number of carbonyl (C=O) groups excluding carboxylic acids is 3. The lowest BCUT2D eigenvalue weighted by Gasteiger charge is -2.36. The van der Waals surface area contributed by atoms with Crippen LogP contribution < -0.4 is 5.32 Å². The fourth-order valence-corrected chi connectivity index (χ4v) is 5.59. The van der Waals surface area contributed by atoms with Gasteiger partial charge in [-0.05, 0) is 29.2 Å². The van der Waals surface area contributed by atoms with Crippen molar-refractivity contribution in [3.63, 3.8) is 0 Å². The second-order valence-electron chi connectivity index (χ2n) is 9.60. The molecule has 2 saturated heterocycles. The molecule has 38 heavy (non-hydrogen) atoms. The third-order valence-corrected chi connectivity index (χ3v) is 7.50. The van der Waals surface area contributed by atoms with Gasteiger partial charge in [0.2, 0.25) is 5.54 Å². The summed E-state index contributed by atoms with van der Waals surface area (Å²) < 4.78 is 21.9. The Balaban J connectivity index is 1.27. The lowest BCUT2D eigenvalue weighted by Crippen LogP contribution is -2.56. The van der Waals surface area contributed by atoms with E-state index < -0.39 is 29.7 Å². The molecule has 0 bridgehead atoms. The fraction of sp³-hybridized carbons (Fsp3) is 0.464. The number of benzene rings is 2. The lowest BCUT2D eigenvalue weighted by atomic mass is 9.95. The van der Waals surface area contributed by atoms with Gasteiger partial charge in [0.25, 0.3) is 0 Å². The van der Waals surface area contributed by atoms with Crippen LogP contribution in [0.25, 0.3) is 11.1 Å². The number of ether oxygens (including phenoxy) is 4. The van der Waals surface area contributed by atoms with E-state index in [2.05, 4.69) is 17.4 Å². The van der Waals surface area contributed by atoms with Gasteiger partial charge in [-0.2, -0.15) is 0 Å². The number of carbonyl (C=O) groups is 3. The Morgan fingerprint density at radius 1 is 1.03 bits per heavy atom. The molecule has 0 saturated carbocycles. The summed E-state index contributed by atoms with van der Waals surface area (Å²) in [5.41, 5.74) is 2.61. The minimum atomic E-state index is -1.76. The number of morpholine rings is 1. The van der Waals surface area contributed by atoms with E-state index in [4.69, 9.17) is 18.9 Å².